The number of nitrogens with zero attached hydrogens (tertiary/aromatic N) is 2. The first-order valence-electron chi connectivity index (χ1n) is 6.57. The van der Waals surface area contributed by atoms with E-state index >= 15 is 0 Å². The van der Waals surface area contributed by atoms with Crippen LogP contribution in [0.3, 0.4) is 0 Å². The van der Waals surface area contributed by atoms with Gasteiger partial charge in [0.15, 0.2) is 0 Å². The Balaban J connectivity index is 2.15. The average Bonchev–Trinajstić information content (AvgIpc) is 2.28. The van der Waals surface area contributed by atoms with Gasteiger partial charge in [0.2, 0.25) is 0 Å². The van der Waals surface area contributed by atoms with Gasteiger partial charge in [0.1, 0.15) is 11.6 Å². The molecule has 0 aromatic carbocycles. The lowest BCUT2D eigenvalue weighted by atomic mass is 9.67. The molecule has 18 heavy (non-hydrogen) atoms. The molecular weight excluding hydrogens is 246 g/mol. The second-order valence-electron chi connectivity index (χ2n) is 6.13. The zero-order chi connectivity index (χ0) is 13.5. The van der Waals surface area contributed by atoms with Gasteiger partial charge in [-0.15, -0.1) is 11.6 Å². The van der Waals surface area contributed by atoms with Crippen LogP contribution in [0.1, 0.15) is 51.6 Å². The van der Waals surface area contributed by atoms with Crippen LogP contribution in [0, 0.1) is 12.3 Å². The molecule has 1 aliphatic carbocycles. The van der Waals surface area contributed by atoms with Crippen LogP contribution < -0.4 is 5.32 Å². The van der Waals surface area contributed by atoms with Gasteiger partial charge in [-0.2, -0.15) is 0 Å². The van der Waals surface area contributed by atoms with Crippen LogP contribution in [0.5, 0.6) is 0 Å². The van der Waals surface area contributed by atoms with Crippen molar-refractivity contribution in [2.24, 2.45) is 5.41 Å². The summed E-state index contributed by atoms with van der Waals surface area (Å²) >= 11 is 6.24. The smallest absolute Gasteiger partial charge is 0.133 e. The molecule has 100 valence electrons. The molecule has 1 aliphatic rings. The minimum absolute atomic E-state index is 0.123. The van der Waals surface area contributed by atoms with E-state index in [1.165, 1.54) is 0 Å². The maximum Gasteiger partial charge on any atom is 0.133 e. The van der Waals surface area contributed by atoms with E-state index in [0.29, 0.717) is 12.0 Å². The molecule has 0 radical (unpaired) electrons. The molecule has 1 aromatic rings. The Morgan fingerprint density at radius 2 is 2.06 bits per heavy atom. The summed E-state index contributed by atoms with van der Waals surface area (Å²) in [6.07, 6.45) is 0.995. The Morgan fingerprint density at radius 1 is 1.39 bits per heavy atom. The van der Waals surface area contributed by atoms with Crippen molar-refractivity contribution in [1.29, 1.82) is 0 Å². The van der Waals surface area contributed by atoms with E-state index in [4.69, 9.17) is 11.6 Å². The second kappa shape index (κ2) is 4.69. The van der Waals surface area contributed by atoms with Gasteiger partial charge < -0.3 is 5.32 Å². The van der Waals surface area contributed by atoms with E-state index in [0.717, 1.165) is 23.8 Å². The molecule has 4 heteroatoms. The third-order valence-electron chi connectivity index (χ3n) is 3.86. The van der Waals surface area contributed by atoms with E-state index in [-0.39, 0.29) is 10.8 Å². The topological polar surface area (TPSA) is 37.8 Å². The number of hydrogen-bond donors (Lipinski definition) is 1. The molecule has 0 bridgehead atoms. The van der Waals surface area contributed by atoms with E-state index in [9.17, 15) is 0 Å². The van der Waals surface area contributed by atoms with Crippen LogP contribution in [-0.4, -0.2) is 21.4 Å². The Hall–Kier alpha value is -0.830. The summed E-state index contributed by atoms with van der Waals surface area (Å²) < 4.78 is 0. The standard InChI is InChI=1S/C14H22ClN3/c1-8(2)13-16-9(3)6-12(18-13)17-11-7-10(15)14(11,4)5/h6,8,10-11H,7H2,1-5H3,(H,16,17,18). The van der Waals surface area contributed by atoms with Crippen molar-refractivity contribution in [3.8, 4) is 0 Å². The van der Waals surface area contributed by atoms with Crippen LogP contribution in [0.25, 0.3) is 0 Å². The number of rotatable bonds is 3. The SMILES string of the molecule is Cc1cc(NC2CC(Cl)C2(C)C)nc(C(C)C)n1. The maximum absolute atomic E-state index is 6.24. The summed E-state index contributed by atoms with van der Waals surface area (Å²) in [7, 11) is 0. The molecule has 3 nitrogen and oxygen atoms in total. The Bertz CT molecular complexity index is 443. The number of halogens is 1. The Labute approximate surface area is 114 Å². The van der Waals surface area contributed by atoms with Crippen molar-refractivity contribution in [3.63, 3.8) is 0 Å². The molecule has 0 saturated heterocycles. The van der Waals surface area contributed by atoms with Crippen LogP contribution in [0.4, 0.5) is 5.82 Å². The third kappa shape index (κ3) is 2.46. The molecular formula is C14H22ClN3. The number of alkyl halides is 1. The first kappa shape index (κ1) is 13.6. The van der Waals surface area contributed by atoms with Gasteiger partial charge in [-0.25, -0.2) is 9.97 Å². The quantitative estimate of drug-likeness (QED) is 0.848. The fourth-order valence-corrected chi connectivity index (χ4v) is 2.55. The third-order valence-corrected chi connectivity index (χ3v) is 4.60. The lowest BCUT2D eigenvalue weighted by Crippen LogP contribution is -2.54. The lowest BCUT2D eigenvalue weighted by Gasteiger charge is -2.49. The normalized spacial score (nSPS) is 25.9. The van der Waals surface area contributed by atoms with Gasteiger partial charge in [0.05, 0.1) is 0 Å². The van der Waals surface area contributed by atoms with Crippen LogP contribution in [-0.2, 0) is 0 Å². The molecule has 1 N–H and O–H groups in total. The fourth-order valence-electron chi connectivity index (χ4n) is 2.22. The monoisotopic (exact) mass is 267 g/mol. The molecule has 1 fully saturated rings. The van der Waals surface area contributed by atoms with Gasteiger partial charge in [-0.1, -0.05) is 27.7 Å². The Kier molecular flexibility index (Phi) is 3.54. The highest BCUT2D eigenvalue weighted by atomic mass is 35.5. The van der Waals surface area contributed by atoms with E-state index in [1.807, 2.05) is 13.0 Å². The first-order valence-corrected chi connectivity index (χ1v) is 7.00. The Morgan fingerprint density at radius 3 is 2.56 bits per heavy atom. The zero-order valence-electron chi connectivity index (χ0n) is 11.8. The van der Waals surface area contributed by atoms with Crippen LogP contribution in [0.15, 0.2) is 6.07 Å². The second-order valence-corrected chi connectivity index (χ2v) is 6.66. The number of nitrogens with one attached hydrogen (secondary N) is 1. The maximum atomic E-state index is 6.24. The highest BCUT2D eigenvalue weighted by Crippen LogP contribution is 2.45. The number of aromatic nitrogens is 2. The van der Waals surface area contributed by atoms with Gasteiger partial charge in [-0.3, -0.25) is 0 Å². The molecule has 2 rings (SSSR count). The highest BCUT2D eigenvalue weighted by Gasteiger charge is 2.47. The summed E-state index contributed by atoms with van der Waals surface area (Å²) in [6.45, 7) is 10.6. The van der Waals surface area contributed by atoms with Crippen molar-refractivity contribution in [2.45, 2.75) is 58.4 Å². The fraction of sp³-hybridized carbons (Fsp3) is 0.714. The molecule has 1 aromatic heterocycles. The highest BCUT2D eigenvalue weighted by molar-refractivity contribution is 6.21. The minimum Gasteiger partial charge on any atom is -0.367 e. The molecule has 1 heterocycles. The van der Waals surface area contributed by atoms with E-state index < -0.39 is 0 Å². The summed E-state index contributed by atoms with van der Waals surface area (Å²) in [5.74, 6) is 2.17. The minimum atomic E-state index is 0.123. The van der Waals surface area contributed by atoms with Crippen molar-refractivity contribution in [3.05, 3.63) is 17.6 Å². The largest absolute Gasteiger partial charge is 0.367 e. The predicted molar refractivity (Wildman–Crippen MR) is 76.3 cm³/mol. The predicted octanol–water partition coefficient (Wildman–Crippen LogP) is 3.73. The number of hydrogen-bond acceptors (Lipinski definition) is 3. The first-order chi connectivity index (χ1) is 8.30. The van der Waals surface area contributed by atoms with Crippen molar-refractivity contribution in [2.75, 3.05) is 5.32 Å². The summed E-state index contributed by atoms with van der Waals surface area (Å²) in [4.78, 5) is 9.04. The van der Waals surface area contributed by atoms with Crippen molar-refractivity contribution < 1.29 is 0 Å². The van der Waals surface area contributed by atoms with Gasteiger partial charge in [0.25, 0.3) is 0 Å². The van der Waals surface area contributed by atoms with Crippen LogP contribution in [0.2, 0.25) is 0 Å². The van der Waals surface area contributed by atoms with Crippen molar-refractivity contribution in [1.82, 2.24) is 9.97 Å². The van der Waals surface area contributed by atoms with Crippen molar-refractivity contribution >= 4 is 17.4 Å². The molecule has 0 aliphatic heterocycles. The number of anilines is 1. The molecule has 2 atom stereocenters. The van der Waals surface area contributed by atoms with Gasteiger partial charge in [-0.05, 0) is 13.3 Å². The molecule has 0 spiro atoms. The van der Waals surface area contributed by atoms with E-state index in [2.05, 4.69) is 43.0 Å². The molecule has 2 unspecified atom stereocenters. The van der Waals surface area contributed by atoms with Gasteiger partial charge >= 0.3 is 0 Å². The van der Waals surface area contributed by atoms with E-state index in [1.54, 1.807) is 0 Å². The summed E-state index contributed by atoms with van der Waals surface area (Å²) in [6, 6.07) is 2.40. The molecule has 0 amide bonds. The van der Waals surface area contributed by atoms with Crippen LogP contribution >= 0.6 is 11.6 Å². The summed E-state index contributed by atoms with van der Waals surface area (Å²) in [5, 5.41) is 3.75. The summed E-state index contributed by atoms with van der Waals surface area (Å²) in [5.41, 5.74) is 1.13. The zero-order valence-corrected chi connectivity index (χ0v) is 12.5. The molecule has 1 saturated carbocycles. The van der Waals surface area contributed by atoms with Gasteiger partial charge in [0, 0.05) is 34.5 Å². The lowest BCUT2D eigenvalue weighted by molar-refractivity contribution is 0.168. The number of aryl methyl sites for hydroxylation is 1. The average molecular weight is 268 g/mol.